The van der Waals surface area contributed by atoms with Gasteiger partial charge in [0.2, 0.25) is 5.91 Å². The van der Waals surface area contributed by atoms with Gasteiger partial charge < -0.3 is 10.4 Å². The van der Waals surface area contributed by atoms with E-state index in [1.54, 1.807) is 12.1 Å². The largest absolute Gasteiger partial charge is 0.478 e. The molecule has 0 spiro atoms. The van der Waals surface area contributed by atoms with Crippen LogP contribution in [0.25, 0.3) is 0 Å². The molecule has 1 amide bonds. The van der Waals surface area contributed by atoms with Crippen LogP contribution in [0.5, 0.6) is 0 Å². The monoisotopic (exact) mass is 395 g/mol. The second-order valence-electron chi connectivity index (χ2n) is 6.69. The van der Waals surface area contributed by atoms with Gasteiger partial charge in [-0.05, 0) is 61.6 Å². The Morgan fingerprint density at radius 1 is 1.14 bits per heavy atom. The molecule has 0 radical (unpaired) electrons. The number of carbonyl (C=O) groups excluding carboxylic acids is 1. The van der Waals surface area contributed by atoms with E-state index in [1.165, 1.54) is 36.7 Å². The lowest BCUT2D eigenvalue weighted by Crippen LogP contribution is -2.14. The first kappa shape index (κ1) is 19.9. The van der Waals surface area contributed by atoms with Gasteiger partial charge in [0.05, 0.1) is 16.9 Å². The number of carbonyl (C=O) groups is 2. The SMILES string of the molecule is N#Cc1cc2c(nc1SCC(=O)Nc1ccc(C(=O)O)cc1)CCCCCC2. The number of thioether (sulfide) groups is 1. The highest BCUT2D eigenvalue weighted by Gasteiger charge is 2.15. The van der Waals surface area contributed by atoms with Crippen LogP contribution in [0.15, 0.2) is 35.4 Å². The van der Waals surface area contributed by atoms with Crippen molar-refractivity contribution in [3.8, 4) is 6.07 Å². The number of carboxylic acids is 1. The van der Waals surface area contributed by atoms with Crippen LogP contribution in [0.3, 0.4) is 0 Å². The number of anilines is 1. The van der Waals surface area contributed by atoms with E-state index in [1.807, 2.05) is 6.07 Å². The summed E-state index contributed by atoms with van der Waals surface area (Å²) in [5.41, 5.74) is 3.41. The van der Waals surface area contributed by atoms with E-state index in [0.717, 1.165) is 36.9 Å². The van der Waals surface area contributed by atoms with Crippen molar-refractivity contribution in [3.05, 3.63) is 52.7 Å². The number of hydrogen-bond donors (Lipinski definition) is 2. The molecule has 144 valence electrons. The van der Waals surface area contributed by atoms with Crippen molar-refractivity contribution in [2.75, 3.05) is 11.1 Å². The average molecular weight is 395 g/mol. The molecule has 6 nitrogen and oxygen atoms in total. The molecule has 1 heterocycles. The summed E-state index contributed by atoms with van der Waals surface area (Å²) in [6.45, 7) is 0. The van der Waals surface area contributed by atoms with E-state index in [9.17, 15) is 14.9 Å². The predicted molar refractivity (Wildman–Crippen MR) is 108 cm³/mol. The van der Waals surface area contributed by atoms with Crippen molar-refractivity contribution >= 4 is 29.3 Å². The van der Waals surface area contributed by atoms with E-state index in [0.29, 0.717) is 16.3 Å². The van der Waals surface area contributed by atoms with Crippen LogP contribution < -0.4 is 5.32 Å². The molecule has 0 unspecified atom stereocenters. The minimum atomic E-state index is -1.01. The molecule has 2 aromatic rings. The summed E-state index contributed by atoms with van der Waals surface area (Å²) in [5, 5.41) is 21.7. The molecule has 7 heteroatoms. The van der Waals surface area contributed by atoms with Gasteiger partial charge in [0.1, 0.15) is 11.1 Å². The summed E-state index contributed by atoms with van der Waals surface area (Å²) >= 11 is 1.25. The summed E-state index contributed by atoms with van der Waals surface area (Å²) in [5.74, 6) is -1.12. The van der Waals surface area contributed by atoms with Crippen LogP contribution in [0.4, 0.5) is 5.69 Å². The predicted octanol–water partition coefficient (Wildman–Crippen LogP) is 4.04. The molecule has 0 atom stereocenters. The van der Waals surface area contributed by atoms with E-state index >= 15 is 0 Å². The molecular weight excluding hydrogens is 374 g/mol. The lowest BCUT2D eigenvalue weighted by Gasteiger charge is -2.15. The van der Waals surface area contributed by atoms with Gasteiger partial charge >= 0.3 is 5.97 Å². The fourth-order valence-electron chi connectivity index (χ4n) is 3.19. The van der Waals surface area contributed by atoms with Gasteiger partial charge in [0, 0.05) is 11.4 Å². The molecule has 1 aromatic heterocycles. The summed E-state index contributed by atoms with van der Waals surface area (Å²) in [6.07, 6.45) is 6.50. The Kier molecular flexibility index (Phi) is 6.66. The summed E-state index contributed by atoms with van der Waals surface area (Å²) in [4.78, 5) is 27.8. The highest BCUT2D eigenvalue weighted by Crippen LogP contribution is 2.26. The minimum absolute atomic E-state index is 0.126. The molecule has 0 bridgehead atoms. The van der Waals surface area contributed by atoms with Crippen LogP contribution in [-0.2, 0) is 17.6 Å². The standard InChI is InChI=1S/C21H21N3O3S/c22-12-16-11-15-5-3-1-2-4-6-18(15)24-20(16)28-13-19(25)23-17-9-7-14(8-10-17)21(26)27/h7-11H,1-6,13H2,(H,23,25)(H,26,27). The number of benzene rings is 1. The molecule has 3 rings (SSSR count). The van der Waals surface area contributed by atoms with Crippen molar-refractivity contribution in [1.82, 2.24) is 4.98 Å². The number of pyridine rings is 1. The maximum absolute atomic E-state index is 12.2. The first-order chi connectivity index (χ1) is 13.6. The molecule has 0 fully saturated rings. The number of nitrogens with one attached hydrogen (secondary N) is 1. The lowest BCUT2D eigenvalue weighted by molar-refractivity contribution is -0.113. The molecule has 1 aliphatic carbocycles. The third-order valence-electron chi connectivity index (χ3n) is 4.64. The van der Waals surface area contributed by atoms with E-state index in [2.05, 4.69) is 11.4 Å². The zero-order chi connectivity index (χ0) is 19.9. The van der Waals surface area contributed by atoms with Gasteiger partial charge in [-0.25, -0.2) is 9.78 Å². The Bertz CT molecular complexity index is 920. The molecule has 0 aliphatic heterocycles. The summed E-state index contributed by atoms with van der Waals surface area (Å²) in [6, 6.07) is 10.1. The number of hydrogen-bond acceptors (Lipinski definition) is 5. The average Bonchev–Trinajstić information content (AvgIpc) is 2.67. The molecule has 1 aromatic carbocycles. The van der Waals surface area contributed by atoms with Crippen LogP contribution in [-0.4, -0.2) is 27.7 Å². The fourth-order valence-corrected chi connectivity index (χ4v) is 3.96. The Morgan fingerprint density at radius 2 is 1.86 bits per heavy atom. The Labute approximate surface area is 168 Å². The van der Waals surface area contributed by atoms with Gasteiger partial charge in [0.25, 0.3) is 0 Å². The second kappa shape index (κ2) is 9.38. The fraction of sp³-hybridized carbons (Fsp3) is 0.333. The first-order valence-electron chi connectivity index (χ1n) is 9.25. The third kappa shape index (κ3) is 5.11. The first-order valence-corrected chi connectivity index (χ1v) is 10.2. The molecule has 1 aliphatic rings. The highest BCUT2D eigenvalue weighted by molar-refractivity contribution is 8.00. The van der Waals surface area contributed by atoms with Gasteiger partial charge in [-0.15, -0.1) is 0 Å². The lowest BCUT2D eigenvalue weighted by atomic mass is 9.96. The minimum Gasteiger partial charge on any atom is -0.478 e. The number of nitrogens with zero attached hydrogens (tertiary/aromatic N) is 2. The van der Waals surface area contributed by atoms with E-state index in [-0.39, 0.29) is 17.2 Å². The number of aromatic carboxylic acids is 1. The molecule has 2 N–H and O–H groups in total. The van der Waals surface area contributed by atoms with Gasteiger partial charge in [0.15, 0.2) is 0 Å². The van der Waals surface area contributed by atoms with Crippen molar-refractivity contribution in [3.63, 3.8) is 0 Å². The van der Waals surface area contributed by atoms with Gasteiger partial charge in [-0.1, -0.05) is 24.6 Å². The van der Waals surface area contributed by atoms with Crippen LogP contribution in [0, 0.1) is 11.3 Å². The molecule has 0 saturated carbocycles. The second-order valence-corrected chi connectivity index (χ2v) is 7.66. The molecule has 0 saturated heterocycles. The van der Waals surface area contributed by atoms with Crippen molar-refractivity contribution in [1.29, 1.82) is 5.26 Å². The third-order valence-corrected chi connectivity index (χ3v) is 5.63. The number of aromatic nitrogens is 1. The maximum atomic E-state index is 12.2. The van der Waals surface area contributed by atoms with Crippen LogP contribution in [0.1, 0.15) is 52.9 Å². The van der Waals surface area contributed by atoms with E-state index < -0.39 is 5.97 Å². The summed E-state index contributed by atoms with van der Waals surface area (Å²) < 4.78 is 0. The smallest absolute Gasteiger partial charge is 0.335 e. The number of carboxylic acid groups (broad SMARTS) is 1. The van der Waals surface area contributed by atoms with E-state index in [4.69, 9.17) is 10.1 Å². The van der Waals surface area contributed by atoms with Gasteiger partial charge in [-0.2, -0.15) is 5.26 Å². The summed E-state index contributed by atoms with van der Waals surface area (Å²) in [7, 11) is 0. The highest BCUT2D eigenvalue weighted by atomic mass is 32.2. The Balaban J connectivity index is 1.66. The molecular formula is C21H21N3O3S. The topological polar surface area (TPSA) is 103 Å². The van der Waals surface area contributed by atoms with Crippen molar-refractivity contribution < 1.29 is 14.7 Å². The zero-order valence-electron chi connectivity index (χ0n) is 15.4. The normalized spacial score (nSPS) is 13.5. The maximum Gasteiger partial charge on any atom is 0.335 e. The Morgan fingerprint density at radius 3 is 2.54 bits per heavy atom. The quantitative estimate of drug-likeness (QED) is 0.741. The zero-order valence-corrected chi connectivity index (χ0v) is 16.2. The number of aryl methyl sites for hydroxylation is 2. The van der Waals surface area contributed by atoms with Crippen molar-refractivity contribution in [2.24, 2.45) is 0 Å². The Hall–Kier alpha value is -2.85. The van der Waals surface area contributed by atoms with Gasteiger partial charge in [-0.3, -0.25) is 4.79 Å². The van der Waals surface area contributed by atoms with Crippen LogP contribution >= 0.6 is 11.8 Å². The number of fused-ring (bicyclic) bond motifs is 1. The number of amides is 1. The molecule has 28 heavy (non-hydrogen) atoms. The van der Waals surface area contributed by atoms with Crippen molar-refractivity contribution in [2.45, 2.75) is 43.6 Å². The number of nitriles is 1. The van der Waals surface area contributed by atoms with Crippen LogP contribution in [0.2, 0.25) is 0 Å². The number of rotatable bonds is 5.